The molecule has 0 radical (unpaired) electrons. The van der Waals surface area contributed by atoms with Crippen LogP contribution in [0.2, 0.25) is 0 Å². The minimum Gasteiger partial charge on any atom is -0.469 e. The van der Waals surface area contributed by atoms with Crippen molar-refractivity contribution in [3.63, 3.8) is 0 Å². The number of carbonyl (C=O) groups is 1. The van der Waals surface area contributed by atoms with Gasteiger partial charge in [0.1, 0.15) is 0 Å². The van der Waals surface area contributed by atoms with E-state index in [1.165, 1.54) is 19.1 Å². The Labute approximate surface area is 120 Å². The van der Waals surface area contributed by atoms with Crippen LogP contribution in [-0.4, -0.2) is 37.1 Å². The molecule has 4 atom stereocenters. The zero-order valence-electron chi connectivity index (χ0n) is 12.3. The van der Waals surface area contributed by atoms with Gasteiger partial charge in [-0.3, -0.25) is 9.69 Å². The summed E-state index contributed by atoms with van der Waals surface area (Å²) in [5.74, 6) is 0.422. The molecule has 2 aliphatic rings. The number of benzene rings is 1. The molecule has 20 heavy (non-hydrogen) atoms. The maximum absolute atomic E-state index is 12.3. The SMILES string of the molecule is COC(=O)[C@@H]1[C@@H](Cc2ccccc2)C[C@@H]2CC[C@H]1N2C. The van der Waals surface area contributed by atoms with Crippen molar-refractivity contribution in [1.29, 1.82) is 0 Å². The first kappa shape index (κ1) is 13.6. The molecule has 0 saturated carbocycles. The van der Waals surface area contributed by atoms with Gasteiger partial charge in [0.05, 0.1) is 13.0 Å². The molecule has 2 aliphatic heterocycles. The summed E-state index contributed by atoms with van der Waals surface area (Å²) < 4.78 is 5.09. The summed E-state index contributed by atoms with van der Waals surface area (Å²) in [5, 5.41) is 0. The highest BCUT2D eigenvalue weighted by Gasteiger charge is 2.48. The van der Waals surface area contributed by atoms with Crippen LogP contribution in [0.25, 0.3) is 0 Å². The summed E-state index contributed by atoms with van der Waals surface area (Å²) >= 11 is 0. The van der Waals surface area contributed by atoms with Gasteiger partial charge in [0, 0.05) is 12.1 Å². The number of hydrogen-bond donors (Lipinski definition) is 0. The van der Waals surface area contributed by atoms with Gasteiger partial charge in [-0.05, 0) is 44.2 Å². The van der Waals surface area contributed by atoms with Crippen LogP contribution in [0.1, 0.15) is 24.8 Å². The van der Waals surface area contributed by atoms with E-state index in [4.69, 9.17) is 4.74 Å². The van der Waals surface area contributed by atoms with Crippen LogP contribution in [0.15, 0.2) is 30.3 Å². The summed E-state index contributed by atoms with van der Waals surface area (Å²) in [5.41, 5.74) is 1.33. The molecule has 3 heteroatoms. The summed E-state index contributed by atoms with van der Waals surface area (Å²) in [7, 11) is 3.68. The van der Waals surface area contributed by atoms with E-state index in [0.29, 0.717) is 18.0 Å². The highest BCUT2D eigenvalue weighted by atomic mass is 16.5. The smallest absolute Gasteiger partial charge is 0.310 e. The molecule has 1 aromatic carbocycles. The Bertz CT molecular complexity index is 473. The lowest BCUT2D eigenvalue weighted by atomic mass is 9.77. The van der Waals surface area contributed by atoms with Gasteiger partial charge in [0.15, 0.2) is 0 Å². The number of piperidine rings is 1. The van der Waals surface area contributed by atoms with Crippen molar-refractivity contribution in [1.82, 2.24) is 4.90 Å². The van der Waals surface area contributed by atoms with Crippen molar-refractivity contribution in [3.8, 4) is 0 Å². The predicted molar refractivity (Wildman–Crippen MR) is 78.3 cm³/mol. The number of nitrogens with zero attached hydrogens (tertiary/aromatic N) is 1. The molecular weight excluding hydrogens is 250 g/mol. The minimum absolute atomic E-state index is 0.0249. The molecule has 2 heterocycles. The molecule has 108 valence electrons. The lowest BCUT2D eigenvalue weighted by Gasteiger charge is -2.41. The van der Waals surface area contributed by atoms with E-state index >= 15 is 0 Å². The summed E-state index contributed by atoms with van der Waals surface area (Å²) in [6, 6.07) is 11.5. The number of hydrogen-bond acceptors (Lipinski definition) is 3. The topological polar surface area (TPSA) is 29.5 Å². The van der Waals surface area contributed by atoms with Crippen LogP contribution in [0.3, 0.4) is 0 Å². The van der Waals surface area contributed by atoms with Crippen molar-refractivity contribution in [3.05, 3.63) is 35.9 Å². The van der Waals surface area contributed by atoms with Gasteiger partial charge >= 0.3 is 5.97 Å². The van der Waals surface area contributed by atoms with Gasteiger partial charge < -0.3 is 4.74 Å². The predicted octanol–water partition coefficient (Wildman–Crippen LogP) is 2.50. The standard InChI is InChI=1S/C17H23NO2/c1-18-14-8-9-15(18)16(17(19)20-2)13(11-14)10-12-6-4-3-5-7-12/h3-7,13-16H,8-11H2,1-2H3/t13-,14-,15+,16+/m0/s1. The van der Waals surface area contributed by atoms with Crippen LogP contribution in [0, 0.1) is 11.8 Å². The second-order valence-corrected chi connectivity index (χ2v) is 6.20. The number of carbonyl (C=O) groups excluding carboxylic acids is 1. The largest absolute Gasteiger partial charge is 0.469 e. The van der Waals surface area contributed by atoms with Crippen LogP contribution < -0.4 is 0 Å². The van der Waals surface area contributed by atoms with Gasteiger partial charge in [0.2, 0.25) is 0 Å². The number of rotatable bonds is 3. The Balaban J connectivity index is 1.82. The first-order chi connectivity index (χ1) is 9.70. The Morgan fingerprint density at radius 3 is 2.75 bits per heavy atom. The fraction of sp³-hybridized carbons (Fsp3) is 0.588. The van der Waals surface area contributed by atoms with Crippen LogP contribution in [-0.2, 0) is 16.0 Å². The molecule has 3 nitrogen and oxygen atoms in total. The molecule has 2 fully saturated rings. The first-order valence-electron chi connectivity index (χ1n) is 7.54. The van der Waals surface area contributed by atoms with Gasteiger partial charge in [-0.25, -0.2) is 0 Å². The highest BCUT2D eigenvalue weighted by molar-refractivity contribution is 5.74. The third-order valence-corrected chi connectivity index (χ3v) is 5.21. The fourth-order valence-corrected chi connectivity index (χ4v) is 4.18. The minimum atomic E-state index is -0.0249. The average Bonchev–Trinajstić information content (AvgIpc) is 2.72. The molecule has 3 rings (SSSR count). The van der Waals surface area contributed by atoms with Gasteiger partial charge in [-0.15, -0.1) is 0 Å². The zero-order valence-corrected chi connectivity index (χ0v) is 12.3. The Morgan fingerprint density at radius 2 is 2.05 bits per heavy atom. The number of methoxy groups -OCH3 is 1. The summed E-state index contributed by atoms with van der Waals surface area (Å²) in [4.78, 5) is 14.7. The van der Waals surface area contributed by atoms with Crippen LogP contribution in [0.4, 0.5) is 0 Å². The Kier molecular flexibility index (Phi) is 3.79. The molecule has 0 aliphatic carbocycles. The van der Waals surface area contributed by atoms with Crippen LogP contribution in [0.5, 0.6) is 0 Å². The number of esters is 1. The Hall–Kier alpha value is -1.35. The molecule has 0 aromatic heterocycles. The molecule has 0 unspecified atom stereocenters. The molecule has 2 bridgehead atoms. The number of ether oxygens (including phenoxy) is 1. The van der Waals surface area contributed by atoms with Crippen molar-refractivity contribution in [2.75, 3.05) is 14.2 Å². The third kappa shape index (κ3) is 2.35. The van der Waals surface area contributed by atoms with E-state index in [1.54, 1.807) is 0 Å². The van der Waals surface area contributed by atoms with E-state index < -0.39 is 0 Å². The second-order valence-electron chi connectivity index (χ2n) is 6.20. The van der Waals surface area contributed by atoms with E-state index in [9.17, 15) is 4.79 Å². The molecule has 2 saturated heterocycles. The van der Waals surface area contributed by atoms with E-state index in [2.05, 4.69) is 36.2 Å². The van der Waals surface area contributed by atoms with Crippen molar-refractivity contribution >= 4 is 5.97 Å². The monoisotopic (exact) mass is 273 g/mol. The van der Waals surface area contributed by atoms with Crippen molar-refractivity contribution in [2.24, 2.45) is 11.8 Å². The average molecular weight is 273 g/mol. The lowest BCUT2D eigenvalue weighted by Crippen LogP contribution is -2.50. The van der Waals surface area contributed by atoms with Gasteiger partial charge in [0.25, 0.3) is 0 Å². The normalized spacial score (nSPS) is 33.1. The molecule has 0 amide bonds. The van der Waals surface area contributed by atoms with Gasteiger partial charge in [-0.1, -0.05) is 30.3 Å². The van der Waals surface area contributed by atoms with E-state index in [1.807, 2.05) is 6.07 Å². The van der Waals surface area contributed by atoms with Gasteiger partial charge in [-0.2, -0.15) is 0 Å². The third-order valence-electron chi connectivity index (χ3n) is 5.21. The summed E-state index contributed by atoms with van der Waals surface area (Å²) in [6.07, 6.45) is 4.45. The van der Waals surface area contributed by atoms with Crippen molar-refractivity contribution < 1.29 is 9.53 Å². The van der Waals surface area contributed by atoms with E-state index in [-0.39, 0.29) is 11.9 Å². The first-order valence-corrected chi connectivity index (χ1v) is 7.54. The maximum atomic E-state index is 12.3. The van der Waals surface area contributed by atoms with E-state index in [0.717, 1.165) is 19.3 Å². The zero-order chi connectivity index (χ0) is 14.1. The number of fused-ring (bicyclic) bond motifs is 2. The maximum Gasteiger partial charge on any atom is 0.310 e. The fourth-order valence-electron chi connectivity index (χ4n) is 4.18. The summed E-state index contributed by atoms with van der Waals surface area (Å²) in [6.45, 7) is 0. The van der Waals surface area contributed by atoms with Crippen molar-refractivity contribution in [2.45, 2.75) is 37.8 Å². The molecule has 0 spiro atoms. The highest BCUT2D eigenvalue weighted by Crippen LogP contribution is 2.43. The lowest BCUT2D eigenvalue weighted by molar-refractivity contribution is -0.152. The Morgan fingerprint density at radius 1 is 1.30 bits per heavy atom. The molecule has 0 N–H and O–H groups in total. The second kappa shape index (κ2) is 5.57. The molecular formula is C17H23NO2. The quantitative estimate of drug-likeness (QED) is 0.793. The van der Waals surface area contributed by atoms with Crippen LogP contribution >= 0.6 is 0 Å². The molecule has 1 aromatic rings.